The molecule has 0 aromatic heterocycles. The number of hydrogen-bond acceptors (Lipinski definition) is 2. The van der Waals surface area contributed by atoms with Crippen molar-refractivity contribution in [3.63, 3.8) is 0 Å². The second-order valence-corrected chi connectivity index (χ2v) is 5.13. The van der Waals surface area contributed by atoms with Crippen molar-refractivity contribution in [1.82, 2.24) is 5.32 Å². The number of rotatable bonds is 7. The third kappa shape index (κ3) is 7.94. The zero-order valence-electron chi connectivity index (χ0n) is 13.1. The Balaban J connectivity index is 0.00000400. The predicted octanol–water partition coefficient (Wildman–Crippen LogP) is 3.29. The van der Waals surface area contributed by atoms with Crippen molar-refractivity contribution in [2.75, 3.05) is 19.7 Å². The number of benzene rings is 1. The highest BCUT2D eigenvalue weighted by molar-refractivity contribution is 14.0. The standard InChI is InChI=1S/C16H25N3O.HI/c1-12(2)11-19-16(17)18-9-10-20-15-8-6-5-7-14(15)13(3)4;/h5-8,13H,1,9-11H2,2-4H3,(H3,17,18,19);1H. The lowest BCUT2D eigenvalue weighted by Gasteiger charge is -2.14. The molecule has 0 aliphatic rings. The number of aliphatic imine (C=N–C) groups is 1. The number of nitrogens with two attached hydrogens (primary N) is 1. The van der Waals surface area contributed by atoms with Crippen molar-refractivity contribution in [1.29, 1.82) is 0 Å². The van der Waals surface area contributed by atoms with Crippen molar-refractivity contribution < 1.29 is 4.74 Å². The SMILES string of the molecule is C=C(C)CN=C(N)NCCOc1ccccc1C(C)C.I. The molecule has 0 spiro atoms. The molecule has 0 aliphatic heterocycles. The van der Waals surface area contributed by atoms with E-state index < -0.39 is 0 Å². The van der Waals surface area contributed by atoms with Gasteiger partial charge in [0, 0.05) is 0 Å². The Hall–Kier alpha value is -1.24. The first-order chi connectivity index (χ1) is 9.50. The van der Waals surface area contributed by atoms with Gasteiger partial charge in [0.05, 0.1) is 13.1 Å². The molecule has 0 amide bonds. The molecule has 118 valence electrons. The molecule has 3 N–H and O–H groups in total. The first-order valence-electron chi connectivity index (χ1n) is 6.90. The number of ether oxygens (including phenoxy) is 1. The maximum atomic E-state index is 5.78. The summed E-state index contributed by atoms with van der Waals surface area (Å²) < 4.78 is 5.78. The minimum absolute atomic E-state index is 0. The van der Waals surface area contributed by atoms with Crippen molar-refractivity contribution in [2.24, 2.45) is 10.7 Å². The topological polar surface area (TPSA) is 59.6 Å². The molecule has 5 heteroatoms. The average Bonchev–Trinajstić information content (AvgIpc) is 2.41. The van der Waals surface area contributed by atoms with Crippen LogP contribution in [0.25, 0.3) is 0 Å². The fourth-order valence-electron chi connectivity index (χ4n) is 1.71. The van der Waals surface area contributed by atoms with E-state index in [1.807, 2.05) is 25.1 Å². The van der Waals surface area contributed by atoms with Gasteiger partial charge in [-0.3, -0.25) is 0 Å². The first-order valence-corrected chi connectivity index (χ1v) is 6.90. The number of nitrogens with one attached hydrogen (secondary N) is 1. The van der Waals surface area contributed by atoms with Crippen molar-refractivity contribution in [3.8, 4) is 5.75 Å². The van der Waals surface area contributed by atoms with E-state index >= 15 is 0 Å². The lowest BCUT2D eigenvalue weighted by molar-refractivity contribution is 0.318. The van der Waals surface area contributed by atoms with Crippen molar-refractivity contribution >= 4 is 29.9 Å². The minimum atomic E-state index is 0. The Morgan fingerprint density at radius 2 is 2.05 bits per heavy atom. The number of para-hydroxylation sites is 1. The average molecular weight is 403 g/mol. The normalized spacial score (nSPS) is 11.0. The van der Waals surface area contributed by atoms with Gasteiger partial charge in [-0.25, -0.2) is 4.99 Å². The zero-order chi connectivity index (χ0) is 15.0. The molecule has 0 atom stereocenters. The van der Waals surface area contributed by atoms with Crippen LogP contribution in [0, 0.1) is 0 Å². The quantitative estimate of drug-likeness (QED) is 0.242. The maximum Gasteiger partial charge on any atom is 0.189 e. The van der Waals surface area contributed by atoms with Gasteiger partial charge in [-0.1, -0.05) is 44.2 Å². The van der Waals surface area contributed by atoms with Gasteiger partial charge in [0.25, 0.3) is 0 Å². The van der Waals surface area contributed by atoms with Crippen LogP contribution in [0.2, 0.25) is 0 Å². The summed E-state index contributed by atoms with van der Waals surface area (Å²) in [7, 11) is 0. The number of nitrogens with zero attached hydrogens (tertiary/aromatic N) is 1. The third-order valence-corrected chi connectivity index (χ3v) is 2.73. The lowest BCUT2D eigenvalue weighted by atomic mass is 10.0. The van der Waals surface area contributed by atoms with Crippen LogP contribution in [-0.2, 0) is 0 Å². The van der Waals surface area contributed by atoms with E-state index in [0.29, 0.717) is 31.6 Å². The molecular weight excluding hydrogens is 377 g/mol. The monoisotopic (exact) mass is 403 g/mol. The predicted molar refractivity (Wildman–Crippen MR) is 101 cm³/mol. The molecule has 0 bridgehead atoms. The van der Waals surface area contributed by atoms with E-state index in [9.17, 15) is 0 Å². The summed E-state index contributed by atoms with van der Waals surface area (Å²) in [5, 5.41) is 3.02. The van der Waals surface area contributed by atoms with Gasteiger partial charge in [-0.15, -0.1) is 24.0 Å². The molecule has 0 saturated carbocycles. The molecular formula is C16H26IN3O. The Morgan fingerprint density at radius 3 is 2.67 bits per heavy atom. The maximum absolute atomic E-state index is 5.78. The molecule has 1 aromatic carbocycles. The summed E-state index contributed by atoms with van der Waals surface area (Å²) in [4.78, 5) is 4.14. The molecule has 0 unspecified atom stereocenters. The van der Waals surface area contributed by atoms with Crippen LogP contribution in [0.1, 0.15) is 32.3 Å². The van der Waals surface area contributed by atoms with Crippen LogP contribution in [-0.4, -0.2) is 25.7 Å². The molecule has 0 radical (unpaired) electrons. The molecule has 0 heterocycles. The van der Waals surface area contributed by atoms with Gasteiger partial charge in [0.1, 0.15) is 12.4 Å². The molecule has 0 saturated heterocycles. The van der Waals surface area contributed by atoms with Gasteiger partial charge in [-0.2, -0.15) is 0 Å². The zero-order valence-corrected chi connectivity index (χ0v) is 15.4. The summed E-state index contributed by atoms with van der Waals surface area (Å²) in [6.07, 6.45) is 0. The van der Waals surface area contributed by atoms with Gasteiger partial charge in [0.2, 0.25) is 0 Å². The summed E-state index contributed by atoms with van der Waals surface area (Å²) >= 11 is 0. The highest BCUT2D eigenvalue weighted by Gasteiger charge is 2.06. The second kappa shape index (κ2) is 10.5. The Labute approximate surface area is 144 Å². The Kier molecular flexibility index (Phi) is 9.86. The largest absolute Gasteiger partial charge is 0.491 e. The van der Waals surface area contributed by atoms with Crippen LogP contribution in [0.15, 0.2) is 41.4 Å². The van der Waals surface area contributed by atoms with E-state index in [1.165, 1.54) is 5.56 Å². The molecule has 21 heavy (non-hydrogen) atoms. The summed E-state index contributed by atoms with van der Waals surface area (Å²) in [6.45, 7) is 11.7. The smallest absolute Gasteiger partial charge is 0.189 e. The molecule has 0 aliphatic carbocycles. The highest BCUT2D eigenvalue weighted by atomic mass is 127. The third-order valence-electron chi connectivity index (χ3n) is 2.73. The van der Waals surface area contributed by atoms with Gasteiger partial charge in [-0.05, 0) is 24.5 Å². The Bertz CT molecular complexity index is 472. The molecule has 4 nitrogen and oxygen atoms in total. The lowest BCUT2D eigenvalue weighted by Crippen LogP contribution is -2.35. The van der Waals surface area contributed by atoms with Crippen LogP contribution in [0.4, 0.5) is 0 Å². The van der Waals surface area contributed by atoms with E-state index in [0.717, 1.165) is 11.3 Å². The Morgan fingerprint density at radius 1 is 1.38 bits per heavy atom. The van der Waals surface area contributed by atoms with Gasteiger partial charge < -0.3 is 15.8 Å². The van der Waals surface area contributed by atoms with E-state index in [1.54, 1.807) is 0 Å². The number of hydrogen-bond donors (Lipinski definition) is 2. The first kappa shape index (κ1) is 19.8. The van der Waals surface area contributed by atoms with Crippen molar-refractivity contribution in [3.05, 3.63) is 42.0 Å². The molecule has 1 rings (SSSR count). The molecule has 1 aromatic rings. The van der Waals surface area contributed by atoms with Crippen LogP contribution in [0.5, 0.6) is 5.75 Å². The summed E-state index contributed by atoms with van der Waals surface area (Å²) in [6, 6.07) is 8.10. The van der Waals surface area contributed by atoms with E-state index in [4.69, 9.17) is 10.5 Å². The van der Waals surface area contributed by atoms with Gasteiger partial charge >= 0.3 is 0 Å². The number of guanidine groups is 1. The van der Waals surface area contributed by atoms with E-state index in [-0.39, 0.29) is 24.0 Å². The van der Waals surface area contributed by atoms with Crippen LogP contribution < -0.4 is 15.8 Å². The molecule has 0 fully saturated rings. The fraction of sp³-hybridized carbons (Fsp3) is 0.438. The number of halogens is 1. The highest BCUT2D eigenvalue weighted by Crippen LogP contribution is 2.25. The van der Waals surface area contributed by atoms with E-state index in [2.05, 4.69) is 36.8 Å². The van der Waals surface area contributed by atoms with Crippen molar-refractivity contribution in [2.45, 2.75) is 26.7 Å². The van der Waals surface area contributed by atoms with Gasteiger partial charge in [0.15, 0.2) is 5.96 Å². The van der Waals surface area contributed by atoms with Crippen LogP contribution in [0.3, 0.4) is 0 Å². The minimum Gasteiger partial charge on any atom is -0.491 e. The second-order valence-electron chi connectivity index (χ2n) is 5.13. The summed E-state index contributed by atoms with van der Waals surface area (Å²) in [5.41, 5.74) is 7.92. The van der Waals surface area contributed by atoms with Crippen LogP contribution >= 0.6 is 24.0 Å². The summed E-state index contributed by atoms with van der Waals surface area (Å²) in [5.74, 6) is 1.80. The fourth-order valence-corrected chi connectivity index (χ4v) is 1.71.